The van der Waals surface area contributed by atoms with Crippen LogP contribution in [-0.4, -0.2) is 96.7 Å². The maximum absolute atomic E-state index is 13.1. The van der Waals surface area contributed by atoms with Crippen molar-refractivity contribution >= 4 is 39.5 Å². The predicted octanol–water partition coefficient (Wildman–Crippen LogP) is 21.4. The van der Waals surface area contributed by atoms with Gasteiger partial charge in [-0.25, -0.2) is 9.13 Å². The second-order valence-electron chi connectivity index (χ2n) is 27.9. The summed E-state index contributed by atoms with van der Waals surface area (Å²) in [5.74, 6) is 0.249. The SMILES string of the molecule is CCCCCCCC(=O)OC[C@H](COP(=O)(O)OC[C@H](O)COP(=O)(O)OC[C@@H](COC(=O)CCCCCCCCCCCCC(C)C)OC(=O)CCCCCCCCCCCCCCCCCCCCC(C)CC)OC(=O)CCCCCCCCCCCCC(C)C. The third-order valence-corrected chi connectivity index (χ3v) is 19.4. The Hall–Kier alpha value is -1.94. The smallest absolute Gasteiger partial charge is 0.462 e. The van der Waals surface area contributed by atoms with Crippen molar-refractivity contribution in [3.8, 4) is 0 Å². The summed E-state index contributed by atoms with van der Waals surface area (Å²) in [7, 11) is -9.90. The Kier molecular flexibility index (Phi) is 63.4. The summed E-state index contributed by atoms with van der Waals surface area (Å²) >= 11 is 0. The Morgan fingerprint density at radius 3 is 0.817 bits per heavy atom. The average molecular weight is 1370 g/mol. The molecule has 0 aromatic carbocycles. The van der Waals surface area contributed by atoms with E-state index < -0.39 is 97.5 Å². The summed E-state index contributed by atoms with van der Waals surface area (Å²) in [5, 5.41) is 10.6. The number of esters is 4. The van der Waals surface area contributed by atoms with Crippen molar-refractivity contribution in [2.24, 2.45) is 17.8 Å². The minimum absolute atomic E-state index is 0.105. The standard InChI is InChI=1S/C74H144O17P2/c1-8-10-11-38-48-55-71(76)84-61-69(90-73(78)58-51-44-37-31-25-23-27-33-40-46-53-66(5)6)63-88-92(80,81)86-59-68(75)60-87-93(82,83)89-64-70(62-85-72(77)56-49-42-35-29-24-22-26-32-39-45-52-65(3)4)91-74(79)57-50-43-36-30-21-19-17-15-13-12-14-16-18-20-28-34-41-47-54-67(7)9-2/h65-70,75H,8-64H2,1-7H3,(H,80,81)(H,82,83)/t67?,68-,69+,70+/m0/s1. The monoisotopic (exact) mass is 1370 g/mol. The number of aliphatic hydroxyl groups excluding tert-OH is 1. The fraction of sp³-hybridized carbons (Fsp3) is 0.946. The number of phosphoric acid groups is 2. The van der Waals surface area contributed by atoms with Crippen LogP contribution in [0.15, 0.2) is 0 Å². The summed E-state index contributed by atoms with van der Waals surface area (Å²) in [6, 6.07) is 0. The molecular weight excluding hydrogens is 1220 g/mol. The van der Waals surface area contributed by atoms with Gasteiger partial charge in [0.1, 0.15) is 19.3 Å². The average Bonchev–Trinajstić information content (AvgIpc) is 1.91. The Morgan fingerprint density at radius 1 is 0.312 bits per heavy atom. The molecule has 0 aromatic heterocycles. The lowest BCUT2D eigenvalue weighted by Crippen LogP contribution is -2.30. The van der Waals surface area contributed by atoms with Crippen LogP contribution in [0, 0.1) is 17.8 Å². The van der Waals surface area contributed by atoms with E-state index in [4.69, 9.17) is 37.0 Å². The third kappa shape index (κ3) is 67.0. The summed E-state index contributed by atoms with van der Waals surface area (Å²) < 4.78 is 68.2. The molecule has 0 aliphatic rings. The third-order valence-electron chi connectivity index (χ3n) is 17.5. The van der Waals surface area contributed by atoms with Gasteiger partial charge in [0.15, 0.2) is 12.2 Å². The zero-order valence-electron chi connectivity index (χ0n) is 60.7. The molecule has 0 heterocycles. The van der Waals surface area contributed by atoms with E-state index in [1.165, 1.54) is 180 Å². The second-order valence-corrected chi connectivity index (χ2v) is 30.8. The van der Waals surface area contributed by atoms with Crippen LogP contribution in [0.2, 0.25) is 0 Å². The highest BCUT2D eigenvalue weighted by Crippen LogP contribution is 2.45. The number of ether oxygens (including phenoxy) is 4. The van der Waals surface area contributed by atoms with Gasteiger partial charge in [0.2, 0.25) is 0 Å². The zero-order valence-corrected chi connectivity index (χ0v) is 62.5. The van der Waals surface area contributed by atoms with Crippen molar-refractivity contribution < 1.29 is 80.2 Å². The highest BCUT2D eigenvalue weighted by molar-refractivity contribution is 7.47. The normalized spacial score (nSPS) is 14.4. The molecule has 17 nitrogen and oxygen atoms in total. The van der Waals surface area contributed by atoms with Crippen LogP contribution in [0.25, 0.3) is 0 Å². The zero-order chi connectivity index (χ0) is 68.7. The number of hydrogen-bond acceptors (Lipinski definition) is 15. The van der Waals surface area contributed by atoms with Gasteiger partial charge >= 0.3 is 39.5 Å². The lowest BCUT2D eigenvalue weighted by molar-refractivity contribution is -0.161. The Balaban J connectivity index is 5.11. The van der Waals surface area contributed by atoms with E-state index in [-0.39, 0.29) is 25.7 Å². The molecule has 552 valence electrons. The van der Waals surface area contributed by atoms with E-state index in [0.717, 1.165) is 114 Å². The molecule has 0 rings (SSSR count). The molecule has 0 amide bonds. The van der Waals surface area contributed by atoms with Gasteiger partial charge in [-0.05, 0) is 43.4 Å². The van der Waals surface area contributed by atoms with Gasteiger partial charge in [0.05, 0.1) is 26.4 Å². The number of phosphoric ester groups is 2. The molecule has 0 saturated heterocycles. The quantitative estimate of drug-likeness (QED) is 0.0222. The van der Waals surface area contributed by atoms with Crippen molar-refractivity contribution in [1.29, 1.82) is 0 Å². The van der Waals surface area contributed by atoms with Crippen LogP contribution >= 0.6 is 15.6 Å². The van der Waals surface area contributed by atoms with Gasteiger partial charge in [-0.3, -0.25) is 37.3 Å². The fourth-order valence-electron chi connectivity index (χ4n) is 11.2. The largest absolute Gasteiger partial charge is 0.472 e. The Labute approximate surface area is 568 Å². The van der Waals surface area contributed by atoms with E-state index in [1.54, 1.807) is 0 Å². The van der Waals surface area contributed by atoms with E-state index in [1.807, 2.05) is 0 Å². The van der Waals surface area contributed by atoms with E-state index in [0.29, 0.717) is 25.7 Å². The molecule has 93 heavy (non-hydrogen) atoms. The molecule has 0 aliphatic heterocycles. The first-order chi connectivity index (χ1) is 44.8. The number of aliphatic hydroxyl groups is 1. The van der Waals surface area contributed by atoms with E-state index in [9.17, 15) is 43.2 Å². The van der Waals surface area contributed by atoms with Gasteiger partial charge in [0.25, 0.3) is 0 Å². The molecule has 19 heteroatoms. The maximum atomic E-state index is 13.1. The van der Waals surface area contributed by atoms with Crippen LogP contribution in [0.1, 0.15) is 376 Å². The summed E-state index contributed by atoms with van der Waals surface area (Å²) in [6.45, 7) is 11.8. The van der Waals surface area contributed by atoms with Crippen LogP contribution in [0.5, 0.6) is 0 Å². The maximum Gasteiger partial charge on any atom is 0.472 e. The number of unbranched alkanes of at least 4 members (excludes halogenated alkanes) is 39. The summed E-state index contributed by atoms with van der Waals surface area (Å²) in [6.07, 6.45) is 50.4. The minimum atomic E-state index is -4.95. The molecule has 0 bridgehead atoms. The number of carbonyl (C=O) groups excluding carboxylic acids is 4. The first-order valence-corrected chi connectivity index (χ1v) is 41.4. The highest BCUT2D eigenvalue weighted by atomic mass is 31.2. The molecular formula is C74H144O17P2. The van der Waals surface area contributed by atoms with Crippen molar-refractivity contribution in [1.82, 2.24) is 0 Å². The Bertz CT molecular complexity index is 1820. The van der Waals surface area contributed by atoms with Crippen LogP contribution in [0.4, 0.5) is 0 Å². The van der Waals surface area contributed by atoms with Crippen molar-refractivity contribution in [3.05, 3.63) is 0 Å². The van der Waals surface area contributed by atoms with E-state index >= 15 is 0 Å². The Morgan fingerprint density at radius 2 is 0.548 bits per heavy atom. The predicted molar refractivity (Wildman–Crippen MR) is 377 cm³/mol. The fourth-order valence-corrected chi connectivity index (χ4v) is 12.8. The number of rotatable bonds is 72. The molecule has 0 radical (unpaired) electrons. The van der Waals surface area contributed by atoms with Crippen molar-refractivity contribution in [2.75, 3.05) is 39.6 Å². The van der Waals surface area contributed by atoms with E-state index in [2.05, 4.69) is 48.5 Å². The summed E-state index contributed by atoms with van der Waals surface area (Å²) in [4.78, 5) is 72.4. The van der Waals surface area contributed by atoms with Crippen LogP contribution in [-0.2, 0) is 65.4 Å². The first-order valence-electron chi connectivity index (χ1n) is 38.4. The lowest BCUT2D eigenvalue weighted by atomic mass is 9.99. The first kappa shape index (κ1) is 91.1. The molecule has 0 aliphatic carbocycles. The van der Waals surface area contributed by atoms with Gasteiger partial charge in [-0.15, -0.1) is 0 Å². The minimum Gasteiger partial charge on any atom is -0.462 e. The topological polar surface area (TPSA) is 237 Å². The lowest BCUT2D eigenvalue weighted by Gasteiger charge is -2.21. The van der Waals surface area contributed by atoms with Gasteiger partial charge < -0.3 is 33.8 Å². The van der Waals surface area contributed by atoms with Gasteiger partial charge in [0, 0.05) is 25.7 Å². The molecule has 0 saturated carbocycles. The second kappa shape index (κ2) is 64.7. The van der Waals surface area contributed by atoms with Gasteiger partial charge in [-0.2, -0.15) is 0 Å². The molecule has 0 aromatic rings. The van der Waals surface area contributed by atoms with Crippen LogP contribution < -0.4 is 0 Å². The molecule has 6 atom stereocenters. The molecule has 3 unspecified atom stereocenters. The van der Waals surface area contributed by atoms with Crippen LogP contribution in [0.3, 0.4) is 0 Å². The number of hydrogen-bond donors (Lipinski definition) is 3. The molecule has 0 fully saturated rings. The number of carbonyl (C=O) groups is 4. The summed E-state index contributed by atoms with van der Waals surface area (Å²) in [5.41, 5.74) is 0. The van der Waals surface area contributed by atoms with Crippen molar-refractivity contribution in [2.45, 2.75) is 394 Å². The molecule has 3 N–H and O–H groups in total. The highest BCUT2D eigenvalue weighted by Gasteiger charge is 2.30. The molecule has 0 spiro atoms. The van der Waals surface area contributed by atoms with Crippen molar-refractivity contribution in [3.63, 3.8) is 0 Å². The van der Waals surface area contributed by atoms with Gasteiger partial charge in [-0.1, -0.05) is 325 Å².